The van der Waals surface area contributed by atoms with Crippen molar-refractivity contribution in [2.45, 2.75) is 27.7 Å². The van der Waals surface area contributed by atoms with Gasteiger partial charge in [0.15, 0.2) is 0 Å². The molecule has 0 aliphatic rings. The number of aromatic nitrogens is 2. The summed E-state index contributed by atoms with van der Waals surface area (Å²) < 4.78 is 0. The number of aryl methyl sites for hydroxylation is 4. The van der Waals surface area contributed by atoms with Gasteiger partial charge in [0, 0.05) is 18.0 Å². The van der Waals surface area contributed by atoms with E-state index in [0.29, 0.717) is 5.15 Å². The Labute approximate surface area is 112 Å². The Morgan fingerprint density at radius 2 is 1.67 bits per heavy atom. The molecule has 0 atom stereocenters. The second kappa shape index (κ2) is 6.36. The number of hydrogen-bond donors (Lipinski definition) is 1. The van der Waals surface area contributed by atoms with Crippen LogP contribution in [-0.2, 0) is 0 Å². The van der Waals surface area contributed by atoms with Crippen LogP contribution in [0.1, 0.15) is 22.3 Å². The zero-order chi connectivity index (χ0) is 13.7. The molecular weight excluding hydrogens is 248 g/mol. The molecule has 3 nitrogen and oxygen atoms in total. The van der Waals surface area contributed by atoms with Crippen molar-refractivity contribution < 1.29 is 0 Å². The van der Waals surface area contributed by atoms with Gasteiger partial charge >= 0.3 is 0 Å². The van der Waals surface area contributed by atoms with E-state index in [1.165, 1.54) is 0 Å². The van der Waals surface area contributed by atoms with E-state index in [2.05, 4.69) is 9.97 Å². The summed E-state index contributed by atoms with van der Waals surface area (Å²) in [6.45, 7) is 7.69. The summed E-state index contributed by atoms with van der Waals surface area (Å²) in [5, 5.41) is 0.598. The largest absolute Gasteiger partial charge is 0.329 e. The smallest absolute Gasteiger partial charge is 0.250 e. The minimum Gasteiger partial charge on any atom is -0.329 e. The Morgan fingerprint density at radius 1 is 1.06 bits per heavy atom. The maximum absolute atomic E-state index is 10.7. The molecule has 0 aromatic carbocycles. The number of rotatable bonds is 0. The second-order valence-electron chi connectivity index (χ2n) is 4.31. The first-order valence-electron chi connectivity index (χ1n) is 5.65. The number of halogens is 1. The lowest BCUT2D eigenvalue weighted by atomic mass is 10.2. The van der Waals surface area contributed by atoms with Gasteiger partial charge in [0.1, 0.15) is 5.15 Å². The van der Waals surface area contributed by atoms with E-state index in [4.69, 9.17) is 11.6 Å². The number of H-pyrrole nitrogens is 1. The Hall–Kier alpha value is -1.61. The maximum atomic E-state index is 10.7. The van der Waals surface area contributed by atoms with E-state index >= 15 is 0 Å². The van der Waals surface area contributed by atoms with Crippen molar-refractivity contribution in [2.24, 2.45) is 0 Å². The van der Waals surface area contributed by atoms with Gasteiger partial charge in [0.2, 0.25) is 0 Å². The van der Waals surface area contributed by atoms with Crippen LogP contribution >= 0.6 is 11.6 Å². The third kappa shape index (κ3) is 4.34. The molecule has 0 fully saturated rings. The van der Waals surface area contributed by atoms with Crippen molar-refractivity contribution in [3.63, 3.8) is 0 Å². The number of nitrogens with zero attached hydrogens (tertiary/aromatic N) is 1. The molecule has 0 aliphatic heterocycles. The van der Waals surface area contributed by atoms with Crippen molar-refractivity contribution in [1.29, 1.82) is 0 Å². The summed E-state index contributed by atoms with van der Waals surface area (Å²) in [6.07, 6.45) is 3.46. The average molecular weight is 265 g/mol. The molecule has 0 spiro atoms. The van der Waals surface area contributed by atoms with E-state index in [0.717, 1.165) is 22.3 Å². The zero-order valence-corrected chi connectivity index (χ0v) is 11.8. The molecule has 0 bridgehead atoms. The van der Waals surface area contributed by atoms with Gasteiger partial charge in [0.25, 0.3) is 5.56 Å². The molecule has 2 rings (SSSR count). The van der Waals surface area contributed by atoms with Gasteiger partial charge < -0.3 is 4.98 Å². The van der Waals surface area contributed by atoms with E-state index in [9.17, 15) is 4.79 Å². The van der Waals surface area contributed by atoms with Gasteiger partial charge in [-0.2, -0.15) is 0 Å². The molecule has 2 heterocycles. The van der Waals surface area contributed by atoms with Crippen LogP contribution in [0.25, 0.3) is 0 Å². The van der Waals surface area contributed by atoms with E-state index in [1.54, 1.807) is 19.3 Å². The zero-order valence-electron chi connectivity index (χ0n) is 11.0. The van der Waals surface area contributed by atoms with Gasteiger partial charge in [-0.1, -0.05) is 17.7 Å². The first-order chi connectivity index (χ1) is 8.40. The molecule has 0 saturated heterocycles. The topological polar surface area (TPSA) is 45.8 Å². The third-order valence-electron chi connectivity index (χ3n) is 2.38. The molecular formula is C14H17ClN2O. The normalized spacial score (nSPS) is 9.61. The monoisotopic (exact) mass is 264 g/mol. The Bertz CT molecular complexity index is 591. The summed E-state index contributed by atoms with van der Waals surface area (Å²) in [7, 11) is 0. The van der Waals surface area contributed by atoms with Crippen LogP contribution in [0.15, 0.2) is 29.3 Å². The van der Waals surface area contributed by atoms with E-state index in [1.807, 2.05) is 32.9 Å². The van der Waals surface area contributed by atoms with Gasteiger partial charge in [-0.05, 0) is 50.5 Å². The molecule has 0 aliphatic carbocycles. The first-order valence-corrected chi connectivity index (χ1v) is 6.02. The average Bonchev–Trinajstić information content (AvgIpc) is 2.30. The lowest BCUT2D eigenvalue weighted by Gasteiger charge is -1.95. The maximum Gasteiger partial charge on any atom is 0.250 e. The Kier molecular flexibility index (Phi) is 5.10. The van der Waals surface area contributed by atoms with Gasteiger partial charge in [-0.3, -0.25) is 4.79 Å². The first kappa shape index (κ1) is 14.5. The summed E-state index contributed by atoms with van der Waals surface area (Å²) in [5.74, 6) is 0. The third-order valence-corrected chi connectivity index (χ3v) is 2.78. The van der Waals surface area contributed by atoms with Gasteiger partial charge in [-0.15, -0.1) is 0 Å². The van der Waals surface area contributed by atoms with Gasteiger partial charge in [-0.25, -0.2) is 4.98 Å². The Morgan fingerprint density at radius 3 is 2.11 bits per heavy atom. The van der Waals surface area contributed by atoms with Crippen LogP contribution in [0.5, 0.6) is 0 Å². The van der Waals surface area contributed by atoms with E-state index < -0.39 is 0 Å². The number of aromatic amines is 1. The summed E-state index contributed by atoms with van der Waals surface area (Å²) in [5.41, 5.74) is 4.05. The number of hydrogen-bond acceptors (Lipinski definition) is 2. The highest BCUT2D eigenvalue weighted by Crippen LogP contribution is 2.11. The van der Waals surface area contributed by atoms with Crippen molar-refractivity contribution in [3.8, 4) is 0 Å². The van der Waals surface area contributed by atoms with Crippen molar-refractivity contribution in [3.05, 3.63) is 62.3 Å². The SMILES string of the molecule is Cc1c[nH]c(=O)c(C)c1.Cc1cnc(Cl)c(C)c1. The van der Waals surface area contributed by atoms with Crippen LogP contribution in [0.2, 0.25) is 5.15 Å². The fourth-order valence-corrected chi connectivity index (χ4v) is 1.54. The fraction of sp³-hybridized carbons (Fsp3) is 0.286. The molecule has 2 aromatic heterocycles. The molecule has 0 saturated carbocycles. The van der Waals surface area contributed by atoms with Crippen LogP contribution in [0.4, 0.5) is 0 Å². The lowest BCUT2D eigenvalue weighted by molar-refractivity contribution is 1.15. The van der Waals surface area contributed by atoms with Crippen LogP contribution in [0.3, 0.4) is 0 Å². The lowest BCUT2D eigenvalue weighted by Crippen LogP contribution is -2.07. The minimum absolute atomic E-state index is 0.000556. The van der Waals surface area contributed by atoms with Crippen molar-refractivity contribution in [1.82, 2.24) is 9.97 Å². The highest BCUT2D eigenvalue weighted by Gasteiger charge is 1.93. The second-order valence-corrected chi connectivity index (χ2v) is 4.67. The molecule has 96 valence electrons. The summed E-state index contributed by atoms with van der Waals surface area (Å²) in [4.78, 5) is 17.3. The summed E-state index contributed by atoms with van der Waals surface area (Å²) in [6, 6.07) is 3.87. The summed E-state index contributed by atoms with van der Waals surface area (Å²) >= 11 is 5.67. The molecule has 0 radical (unpaired) electrons. The fourth-order valence-electron chi connectivity index (χ4n) is 1.44. The van der Waals surface area contributed by atoms with Crippen LogP contribution in [0, 0.1) is 27.7 Å². The molecule has 4 heteroatoms. The predicted octanol–water partition coefficient (Wildman–Crippen LogP) is 3.34. The van der Waals surface area contributed by atoms with Crippen molar-refractivity contribution in [2.75, 3.05) is 0 Å². The van der Waals surface area contributed by atoms with Crippen LogP contribution < -0.4 is 5.56 Å². The molecule has 1 N–H and O–H groups in total. The molecule has 0 unspecified atom stereocenters. The van der Waals surface area contributed by atoms with Gasteiger partial charge in [0.05, 0.1) is 0 Å². The number of pyridine rings is 2. The van der Waals surface area contributed by atoms with E-state index in [-0.39, 0.29) is 5.56 Å². The quantitative estimate of drug-likeness (QED) is 0.742. The van der Waals surface area contributed by atoms with Crippen molar-refractivity contribution >= 4 is 11.6 Å². The molecule has 18 heavy (non-hydrogen) atoms. The van der Waals surface area contributed by atoms with Crippen LogP contribution in [-0.4, -0.2) is 9.97 Å². The minimum atomic E-state index is 0.000556. The molecule has 2 aromatic rings. The Balaban J connectivity index is 0.000000180. The standard InChI is InChI=1S/C7H8ClN.C7H9NO/c1-5-3-6(2)7(8)9-4-5;1-5-3-6(2)7(9)8-4-5/h3-4H,1-2H3;3-4H,1-2H3,(H,8,9). The number of nitrogens with one attached hydrogen (secondary N) is 1. The highest BCUT2D eigenvalue weighted by molar-refractivity contribution is 6.30. The highest BCUT2D eigenvalue weighted by atomic mass is 35.5. The predicted molar refractivity (Wildman–Crippen MR) is 75.3 cm³/mol. The molecule has 0 amide bonds.